The minimum Gasteiger partial charge on any atom is -0.326 e. The van der Waals surface area contributed by atoms with E-state index in [9.17, 15) is 4.79 Å². The summed E-state index contributed by atoms with van der Waals surface area (Å²) in [5.74, 6) is 0.963. The van der Waals surface area contributed by atoms with E-state index in [-0.39, 0.29) is 5.56 Å². The van der Waals surface area contributed by atoms with Crippen LogP contribution < -0.4 is 11.3 Å². The molecule has 3 heteroatoms. The molecule has 17 heavy (non-hydrogen) atoms. The molecule has 0 aliphatic heterocycles. The van der Waals surface area contributed by atoms with Gasteiger partial charge in [0.05, 0.1) is 0 Å². The van der Waals surface area contributed by atoms with Crippen molar-refractivity contribution in [2.24, 2.45) is 11.7 Å². The Bertz CT molecular complexity index is 419. The van der Waals surface area contributed by atoms with E-state index in [4.69, 9.17) is 5.73 Å². The molecule has 0 spiro atoms. The van der Waals surface area contributed by atoms with Crippen molar-refractivity contribution in [1.82, 2.24) is 4.57 Å². The van der Waals surface area contributed by atoms with Gasteiger partial charge in [0.2, 0.25) is 0 Å². The van der Waals surface area contributed by atoms with Crippen molar-refractivity contribution in [3.63, 3.8) is 0 Å². The van der Waals surface area contributed by atoms with Crippen LogP contribution in [0.4, 0.5) is 0 Å². The lowest BCUT2D eigenvalue weighted by Gasteiger charge is -2.17. The van der Waals surface area contributed by atoms with Gasteiger partial charge in [0, 0.05) is 24.3 Å². The van der Waals surface area contributed by atoms with Gasteiger partial charge in [-0.1, -0.05) is 33.8 Å². The summed E-state index contributed by atoms with van der Waals surface area (Å²) in [5, 5.41) is 0. The van der Waals surface area contributed by atoms with E-state index in [0.717, 1.165) is 18.7 Å². The van der Waals surface area contributed by atoms with Crippen molar-refractivity contribution in [2.75, 3.05) is 0 Å². The highest BCUT2D eigenvalue weighted by Crippen LogP contribution is 2.14. The van der Waals surface area contributed by atoms with Crippen molar-refractivity contribution in [1.29, 1.82) is 0 Å². The molecule has 1 rings (SSSR count). The van der Waals surface area contributed by atoms with Crippen molar-refractivity contribution < 1.29 is 0 Å². The molecule has 3 nitrogen and oxygen atoms in total. The van der Waals surface area contributed by atoms with Crippen LogP contribution >= 0.6 is 0 Å². The maximum atomic E-state index is 12.2. The highest BCUT2D eigenvalue weighted by molar-refractivity contribution is 5.18. The molecular formula is C14H24N2O. The summed E-state index contributed by atoms with van der Waals surface area (Å²) >= 11 is 0. The molecule has 0 aromatic carbocycles. The average molecular weight is 236 g/mol. The molecule has 0 unspecified atom stereocenters. The van der Waals surface area contributed by atoms with Crippen LogP contribution in [0.1, 0.15) is 51.3 Å². The molecular weight excluding hydrogens is 212 g/mol. The van der Waals surface area contributed by atoms with Crippen molar-refractivity contribution >= 4 is 0 Å². The molecule has 96 valence electrons. The summed E-state index contributed by atoms with van der Waals surface area (Å²) in [6, 6.07) is 3.90. The summed E-state index contributed by atoms with van der Waals surface area (Å²) in [6.07, 6.45) is 1.02. The zero-order valence-electron chi connectivity index (χ0n) is 11.4. The normalized spacial score (nSPS) is 11.5. The Morgan fingerprint density at radius 3 is 2.35 bits per heavy atom. The fourth-order valence-corrected chi connectivity index (χ4v) is 1.92. The zero-order chi connectivity index (χ0) is 13.0. The van der Waals surface area contributed by atoms with Gasteiger partial charge in [0.1, 0.15) is 0 Å². The van der Waals surface area contributed by atoms with Crippen LogP contribution in [-0.4, -0.2) is 4.57 Å². The summed E-state index contributed by atoms with van der Waals surface area (Å²) in [5.41, 5.74) is 7.48. The molecule has 2 N–H and O–H groups in total. The molecule has 0 radical (unpaired) electrons. The molecule has 1 aromatic rings. The van der Waals surface area contributed by atoms with E-state index in [1.165, 1.54) is 0 Å². The van der Waals surface area contributed by atoms with E-state index in [1.54, 1.807) is 0 Å². The van der Waals surface area contributed by atoms with Crippen LogP contribution in [0.25, 0.3) is 0 Å². The van der Waals surface area contributed by atoms with Gasteiger partial charge in [0.25, 0.3) is 5.56 Å². The van der Waals surface area contributed by atoms with E-state index >= 15 is 0 Å². The maximum Gasteiger partial charge on any atom is 0.255 e. The standard InChI is InChI=1S/C14H24N2O/c1-10(2)7-8-16-13(11(3)4)6-5-12(9-15)14(16)17/h5-6,10-11H,7-9,15H2,1-4H3. The van der Waals surface area contributed by atoms with Crippen LogP contribution in [-0.2, 0) is 13.1 Å². The monoisotopic (exact) mass is 236 g/mol. The fraction of sp³-hybridized carbons (Fsp3) is 0.643. The van der Waals surface area contributed by atoms with Crippen LogP contribution in [0, 0.1) is 5.92 Å². The lowest BCUT2D eigenvalue weighted by atomic mass is 10.1. The van der Waals surface area contributed by atoms with E-state index in [2.05, 4.69) is 27.7 Å². The predicted octanol–water partition coefficient (Wildman–Crippen LogP) is 2.48. The van der Waals surface area contributed by atoms with Gasteiger partial charge in [-0.05, 0) is 24.3 Å². The maximum absolute atomic E-state index is 12.2. The van der Waals surface area contributed by atoms with E-state index < -0.39 is 0 Å². The molecule has 0 aliphatic carbocycles. The number of aromatic nitrogens is 1. The smallest absolute Gasteiger partial charge is 0.255 e. The van der Waals surface area contributed by atoms with Gasteiger partial charge in [-0.25, -0.2) is 0 Å². The van der Waals surface area contributed by atoms with Crippen LogP contribution in [0.5, 0.6) is 0 Å². The number of rotatable bonds is 5. The first-order chi connectivity index (χ1) is 7.97. The number of nitrogens with zero attached hydrogens (tertiary/aromatic N) is 1. The summed E-state index contributed by atoms with van der Waals surface area (Å²) in [6.45, 7) is 9.68. The van der Waals surface area contributed by atoms with Crippen LogP contribution in [0.15, 0.2) is 16.9 Å². The molecule has 0 amide bonds. The second-order valence-electron chi connectivity index (χ2n) is 5.28. The topological polar surface area (TPSA) is 48.0 Å². The lowest BCUT2D eigenvalue weighted by molar-refractivity contribution is 0.488. The third-order valence-corrected chi connectivity index (χ3v) is 3.03. The quantitative estimate of drug-likeness (QED) is 0.853. The highest BCUT2D eigenvalue weighted by Gasteiger charge is 2.10. The number of hydrogen-bond acceptors (Lipinski definition) is 2. The Kier molecular flexibility index (Phi) is 4.94. The highest BCUT2D eigenvalue weighted by atomic mass is 16.1. The molecule has 0 atom stereocenters. The minimum atomic E-state index is 0.0827. The molecule has 0 saturated carbocycles. The van der Waals surface area contributed by atoms with Gasteiger partial charge in [-0.15, -0.1) is 0 Å². The second-order valence-corrected chi connectivity index (χ2v) is 5.28. The molecule has 0 aliphatic rings. The Balaban J connectivity index is 3.16. The first-order valence-electron chi connectivity index (χ1n) is 6.40. The first kappa shape index (κ1) is 14.0. The van der Waals surface area contributed by atoms with E-state index in [1.807, 2.05) is 16.7 Å². The first-order valence-corrected chi connectivity index (χ1v) is 6.40. The number of hydrogen-bond donors (Lipinski definition) is 1. The molecule has 1 heterocycles. The van der Waals surface area contributed by atoms with Crippen LogP contribution in [0.2, 0.25) is 0 Å². The zero-order valence-corrected chi connectivity index (χ0v) is 11.4. The molecule has 0 saturated heterocycles. The van der Waals surface area contributed by atoms with Crippen LogP contribution in [0.3, 0.4) is 0 Å². The minimum absolute atomic E-state index is 0.0827. The van der Waals surface area contributed by atoms with E-state index in [0.29, 0.717) is 23.9 Å². The predicted molar refractivity (Wildman–Crippen MR) is 72.1 cm³/mol. The van der Waals surface area contributed by atoms with Gasteiger partial charge >= 0.3 is 0 Å². The Morgan fingerprint density at radius 2 is 1.88 bits per heavy atom. The van der Waals surface area contributed by atoms with Crippen molar-refractivity contribution in [3.05, 3.63) is 33.7 Å². The Hall–Kier alpha value is -1.09. The largest absolute Gasteiger partial charge is 0.326 e. The van der Waals surface area contributed by atoms with Gasteiger partial charge in [-0.3, -0.25) is 4.79 Å². The number of nitrogens with two attached hydrogens (primary N) is 1. The van der Waals surface area contributed by atoms with Crippen molar-refractivity contribution in [3.8, 4) is 0 Å². The Labute approximate surface area is 104 Å². The Morgan fingerprint density at radius 1 is 1.24 bits per heavy atom. The second kappa shape index (κ2) is 6.01. The molecule has 0 bridgehead atoms. The molecule has 0 fully saturated rings. The molecule has 1 aromatic heterocycles. The fourth-order valence-electron chi connectivity index (χ4n) is 1.92. The summed E-state index contributed by atoms with van der Waals surface area (Å²) in [4.78, 5) is 12.2. The third-order valence-electron chi connectivity index (χ3n) is 3.03. The average Bonchev–Trinajstić information content (AvgIpc) is 2.26. The van der Waals surface area contributed by atoms with Crippen molar-refractivity contribution in [2.45, 2.75) is 53.1 Å². The lowest BCUT2D eigenvalue weighted by Crippen LogP contribution is -2.28. The van der Waals surface area contributed by atoms with Gasteiger partial charge in [-0.2, -0.15) is 0 Å². The van der Waals surface area contributed by atoms with Gasteiger partial charge < -0.3 is 10.3 Å². The third kappa shape index (κ3) is 3.43. The summed E-state index contributed by atoms with van der Waals surface area (Å²) < 4.78 is 1.90. The number of pyridine rings is 1. The summed E-state index contributed by atoms with van der Waals surface area (Å²) in [7, 11) is 0. The van der Waals surface area contributed by atoms with Gasteiger partial charge in [0.15, 0.2) is 0 Å². The SMILES string of the molecule is CC(C)CCn1c(C(C)C)ccc(CN)c1=O.